The average Bonchev–Trinajstić information content (AvgIpc) is 2.72. The van der Waals surface area contributed by atoms with E-state index in [9.17, 15) is 17.6 Å². The van der Waals surface area contributed by atoms with Crippen LogP contribution in [0.25, 0.3) is 0 Å². The number of ether oxygens (including phenoxy) is 1. The van der Waals surface area contributed by atoms with E-state index in [4.69, 9.17) is 4.74 Å². The van der Waals surface area contributed by atoms with Crippen molar-refractivity contribution in [1.29, 1.82) is 0 Å². The predicted molar refractivity (Wildman–Crippen MR) is 106 cm³/mol. The molecule has 0 N–H and O–H groups in total. The van der Waals surface area contributed by atoms with Gasteiger partial charge in [-0.2, -0.15) is 4.31 Å². The summed E-state index contributed by atoms with van der Waals surface area (Å²) in [5, 5.41) is 0. The minimum atomic E-state index is -3.71. The zero-order valence-corrected chi connectivity index (χ0v) is 17.2. The number of rotatable bonds is 6. The Balaban J connectivity index is 1.60. The Morgan fingerprint density at radius 1 is 1.10 bits per heavy atom. The molecular formula is C20H24FN3O4S. The Labute approximate surface area is 170 Å². The summed E-state index contributed by atoms with van der Waals surface area (Å²) in [5.74, 6) is 0.145. The Bertz CT molecular complexity index is 939. The summed E-state index contributed by atoms with van der Waals surface area (Å²) in [4.78, 5) is 18.5. The van der Waals surface area contributed by atoms with Gasteiger partial charge in [-0.3, -0.25) is 4.79 Å². The largest absolute Gasteiger partial charge is 0.477 e. The van der Waals surface area contributed by atoms with E-state index in [1.165, 1.54) is 22.6 Å². The molecule has 0 bridgehead atoms. The van der Waals surface area contributed by atoms with Crippen LogP contribution in [0.5, 0.6) is 5.88 Å². The number of pyridine rings is 1. The van der Waals surface area contributed by atoms with Crippen molar-refractivity contribution >= 4 is 15.9 Å². The van der Waals surface area contributed by atoms with Crippen LogP contribution in [0.15, 0.2) is 47.5 Å². The highest BCUT2D eigenvalue weighted by Crippen LogP contribution is 2.19. The fourth-order valence-electron chi connectivity index (χ4n) is 2.91. The Morgan fingerprint density at radius 2 is 1.76 bits per heavy atom. The molecule has 0 aliphatic carbocycles. The van der Waals surface area contributed by atoms with Gasteiger partial charge in [0.25, 0.3) is 5.91 Å². The molecule has 0 unspecified atom stereocenters. The van der Waals surface area contributed by atoms with Crippen molar-refractivity contribution in [3.8, 4) is 5.88 Å². The SMILES string of the molecule is CC(C)COc1ccc(C(=O)N2CCN(S(=O)(=O)c3ccc(F)cc3)CC2)cn1. The van der Waals surface area contributed by atoms with Gasteiger partial charge in [0.05, 0.1) is 17.1 Å². The summed E-state index contributed by atoms with van der Waals surface area (Å²) < 4.78 is 45.2. The molecule has 0 atom stereocenters. The number of sulfonamides is 1. The van der Waals surface area contributed by atoms with Crippen LogP contribution >= 0.6 is 0 Å². The van der Waals surface area contributed by atoms with Crippen molar-refractivity contribution in [1.82, 2.24) is 14.2 Å². The summed E-state index contributed by atoms with van der Waals surface area (Å²) in [6.45, 7) is 5.51. The van der Waals surface area contributed by atoms with Crippen molar-refractivity contribution < 1.29 is 22.3 Å². The molecule has 3 rings (SSSR count). The number of hydrogen-bond donors (Lipinski definition) is 0. The van der Waals surface area contributed by atoms with Gasteiger partial charge < -0.3 is 9.64 Å². The number of piperazine rings is 1. The molecule has 9 heteroatoms. The molecule has 29 heavy (non-hydrogen) atoms. The van der Waals surface area contributed by atoms with E-state index in [1.807, 2.05) is 13.8 Å². The molecular weight excluding hydrogens is 397 g/mol. The van der Waals surface area contributed by atoms with Crippen molar-refractivity contribution in [3.05, 3.63) is 54.0 Å². The number of benzene rings is 1. The number of amides is 1. The summed E-state index contributed by atoms with van der Waals surface area (Å²) in [7, 11) is -3.71. The van der Waals surface area contributed by atoms with Crippen LogP contribution < -0.4 is 4.74 Å². The zero-order valence-electron chi connectivity index (χ0n) is 16.4. The minimum Gasteiger partial charge on any atom is -0.477 e. The highest BCUT2D eigenvalue weighted by molar-refractivity contribution is 7.89. The van der Waals surface area contributed by atoms with Crippen LogP contribution in [0.4, 0.5) is 4.39 Å². The van der Waals surface area contributed by atoms with E-state index in [0.29, 0.717) is 24.0 Å². The summed E-state index contributed by atoms with van der Waals surface area (Å²) in [6, 6.07) is 8.05. The van der Waals surface area contributed by atoms with Gasteiger partial charge in [0.1, 0.15) is 5.82 Å². The van der Waals surface area contributed by atoms with E-state index < -0.39 is 15.8 Å². The molecule has 2 aromatic rings. The second-order valence-electron chi connectivity index (χ2n) is 7.24. The van der Waals surface area contributed by atoms with Gasteiger partial charge >= 0.3 is 0 Å². The number of nitrogens with zero attached hydrogens (tertiary/aromatic N) is 3. The van der Waals surface area contributed by atoms with Crippen LogP contribution in [0, 0.1) is 11.7 Å². The molecule has 1 aromatic heterocycles. The highest BCUT2D eigenvalue weighted by Gasteiger charge is 2.30. The smallest absolute Gasteiger partial charge is 0.255 e. The van der Waals surface area contributed by atoms with E-state index in [0.717, 1.165) is 12.1 Å². The first-order valence-electron chi connectivity index (χ1n) is 9.41. The minimum absolute atomic E-state index is 0.0415. The van der Waals surface area contributed by atoms with Crippen molar-refractivity contribution in [2.45, 2.75) is 18.7 Å². The van der Waals surface area contributed by atoms with Gasteiger partial charge in [0.2, 0.25) is 15.9 Å². The topological polar surface area (TPSA) is 79.8 Å². The van der Waals surface area contributed by atoms with Gasteiger partial charge in [0.15, 0.2) is 0 Å². The third kappa shape index (κ3) is 5.10. The fourth-order valence-corrected chi connectivity index (χ4v) is 4.34. The van der Waals surface area contributed by atoms with Crippen molar-refractivity contribution in [2.75, 3.05) is 32.8 Å². The lowest BCUT2D eigenvalue weighted by molar-refractivity contribution is 0.0697. The fraction of sp³-hybridized carbons (Fsp3) is 0.400. The molecule has 1 aromatic carbocycles. The van der Waals surface area contributed by atoms with Gasteiger partial charge in [-0.25, -0.2) is 17.8 Å². The molecule has 1 aliphatic heterocycles. The van der Waals surface area contributed by atoms with E-state index in [1.54, 1.807) is 17.0 Å². The Kier molecular flexibility index (Phi) is 6.49. The normalized spacial score (nSPS) is 15.5. The molecule has 0 radical (unpaired) electrons. The van der Waals surface area contributed by atoms with Crippen LogP contribution in [-0.4, -0.2) is 61.3 Å². The molecule has 0 spiro atoms. The molecule has 1 amide bonds. The lowest BCUT2D eigenvalue weighted by atomic mass is 10.2. The maximum absolute atomic E-state index is 13.1. The van der Waals surface area contributed by atoms with Crippen LogP contribution in [0.2, 0.25) is 0 Å². The Morgan fingerprint density at radius 3 is 2.31 bits per heavy atom. The number of hydrogen-bond acceptors (Lipinski definition) is 5. The van der Waals surface area contributed by atoms with Gasteiger partial charge in [-0.1, -0.05) is 13.8 Å². The quantitative estimate of drug-likeness (QED) is 0.716. The molecule has 1 aliphatic rings. The molecule has 1 saturated heterocycles. The van der Waals surface area contributed by atoms with Gasteiger partial charge in [-0.05, 0) is 36.2 Å². The monoisotopic (exact) mass is 421 g/mol. The maximum Gasteiger partial charge on any atom is 0.255 e. The summed E-state index contributed by atoms with van der Waals surface area (Å²) >= 11 is 0. The number of carbonyl (C=O) groups is 1. The standard InChI is InChI=1S/C20H24FN3O4S/c1-15(2)14-28-19-8-3-16(13-22-19)20(25)23-9-11-24(12-10-23)29(26,27)18-6-4-17(21)5-7-18/h3-8,13,15H,9-12,14H2,1-2H3. The summed E-state index contributed by atoms with van der Waals surface area (Å²) in [6.07, 6.45) is 1.47. The average molecular weight is 421 g/mol. The number of halogens is 1. The number of carbonyl (C=O) groups excluding carboxylic acids is 1. The Hall–Kier alpha value is -2.52. The molecule has 1 fully saturated rings. The molecule has 156 valence electrons. The molecule has 7 nitrogen and oxygen atoms in total. The molecule has 2 heterocycles. The third-order valence-corrected chi connectivity index (χ3v) is 6.44. The first-order chi connectivity index (χ1) is 13.8. The lowest BCUT2D eigenvalue weighted by Crippen LogP contribution is -2.50. The van der Waals surface area contributed by atoms with Crippen LogP contribution in [0.3, 0.4) is 0 Å². The van der Waals surface area contributed by atoms with Crippen LogP contribution in [0.1, 0.15) is 24.2 Å². The van der Waals surface area contributed by atoms with Gasteiger partial charge in [0, 0.05) is 38.4 Å². The highest BCUT2D eigenvalue weighted by atomic mass is 32.2. The number of aromatic nitrogens is 1. The molecule has 0 saturated carbocycles. The van der Waals surface area contributed by atoms with Crippen molar-refractivity contribution in [2.24, 2.45) is 5.92 Å². The van der Waals surface area contributed by atoms with E-state index in [-0.39, 0.29) is 37.0 Å². The van der Waals surface area contributed by atoms with Crippen LogP contribution in [-0.2, 0) is 10.0 Å². The lowest BCUT2D eigenvalue weighted by Gasteiger charge is -2.34. The zero-order chi connectivity index (χ0) is 21.0. The van der Waals surface area contributed by atoms with Gasteiger partial charge in [-0.15, -0.1) is 0 Å². The van der Waals surface area contributed by atoms with E-state index >= 15 is 0 Å². The maximum atomic E-state index is 13.1. The second kappa shape index (κ2) is 8.87. The first-order valence-corrected chi connectivity index (χ1v) is 10.8. The van der Waals surface area contributed by atoms with Crippen molar-refractivity contribution in [3.63, 3.8) is 0 Å². The second-order valence-corrected chi connectivity index (χ2v) is 9.18. The predicted octanol–water partition coefficient (Wildman–Crippen LogP) is 2.40. The third-order valence-electron chi connectivity index (χ3n) is 4.53. The summed E-state index contributed by atoms with van der Waals surface area (Å²) in [5.41, 5.74) is 0.428. The van der Waals surface area contributed by atoms with E-state index in [2.05, 4.69) is 4.98 Å². The first kappa shape index (κ1) is 21.2.